The number of benzene rings is 5. The Bertz CT molecular complexity index is 2050. The highest BCUT2D eigenvalue weighted by Gasteiger charge is 2.40. The standard InChI is InChI=1S/C38H29N3O3S/c1-3-40-37(43)35(36(42)39(2)38(40)45)31-24-34(44-33-19-10-9-17-30(31)33)26-20-22-28(23-21-26)41(27-14-5-4-6-15-27)32-18-11-13-25-12-7-8-16-29(25)32/h4-24H,3H2,1-2H3/b35-31+. The van der Waals surface area contributed by atoms with Gasteiger partial charge in [0.1, 0.15) is 17.1 Å². The minimum Gasteiger partial charge on any atom is -0.456 e. The molecule has 0 saturated carbocycles. The average Bonchev–Trinajstić information content (AvgIpc) is 3.08. The smallest absolute Gasteiger partial charge is 0.266 e. The molecule has 0 unspecified atom stereocenters. The second-order valence-corrected chi connectivity index (χ2v) is 11.2. The first-order chi connectivity index (χ1) is 22.0. The predicted molar refractivity (Wildman–Crippen MR) is 183 cm³/mol. The molecule has 6 nitrogen and oxygen atoms in total. The zero-order valence-electron chi connectivity index (χ0n) is 24.8. The van der Waals surface area contributed by atoms with E-state index in [2.05, 4.69) is 65.6 Å². The van der Waals surface area contributed by atoms with Crippen molar-refractivity contribution in [3.05, 3.63) is 144 Å². The Kier molecular flexibility index (Phi) is 7.23. The maximum absolute atomic E-state index is 13.6. The highest BCUT2D eigenvalue weighted by atomic mass is 32.1. The van der Waals surface area contributed by atoms with Gasteiger partial charge in [0.05, 0.1) is 5.69 Å². The number of nitrogens with zero attached hydrogens (tertiary/aromatic N) is 3. The zero-order chi connectivity index (χ0) is 31.1. The number of hydrogen-bond acceptors (Lipinski definition) is 5. The van der Waals surface area contributed by atoms with Crippen molar-refractivity contribution >= 4 is 68.3 Å². The van der Waals surface area contributed by atoms with Gasteiger partial charge >= 0.3 is 0 Å². The van der Waals surface area contributed by atoms with Crippen LogP contribution in [-0.4, -0.2) is 40.3 Å². The first-order valence-corrected chi connectivity index (χ1v) is 15.2. The summed E-state index contributed by atoms with van der Waals surface area (Å²) in [4.78, 5) is 32.2. The first kappa shape index (κ1) is 28.3. The fourth-order valence-electron chi connectivity index (χ4n) is 5.92. The Balaban J connectivity index is 1.34. The number of para-hydroxylation sites is 2. The van der Waals surface area contributed by atoms with Crippen LogP contribution in [0.5, 0.6) is 5.75 Å². The molecule has 2 aliphatic heterocycles. The van der Waals surface area contributed by atoms with Gasteiger partial charge in [0.2, 0.25) is 0 Å². The van der Waals surface area contributed by atoms with E-state index in [9.17, 15) is 9.59 Å². The molecule has 0 radical (unpaired) electrons. The van der Waals surface area contributed by atoms with Gasteiger partial charge in [0.15, 0.2) is 5.11 Å². The SMILES string of the molecule is CCN1C(=O)/C(=C2\C=C(c3ccc(N(c4ccccc4)c4cccc5ccccc45)cc3)Oc3ccccc32)C(=O)N(C)C1=S. The van der Waals surface area contributed by atoms with E-state index in [1.807, 2.05) is 67.6 Å². The van der Waals surface area contributed by atoms with Crippen LogP contribution in [0.3, 0.4) is 0 Å². The lowest BCUT2D eigenvalue weighted by molar-refractivity contribution is -0.132. The van der Waals surface area contributed by atoms with Crippen molar-refractivity contribution in [2.45, 2.75) is 6.92 Å². The number of amides is 2. The number of rotatable bonds is 5. The molecule has 2 heterocycles. The Hall–Kier alpha value is -5.53. The summed E-state index contributed by atoms with van der Waals surface area (Å²) in [5.41, 5.74) is 5.15. The van der Waals surface area contributed by atoms with E-state index < -0.39 is 11.8 Å². The summed E-state index contributed by atoms with van der Waals surface area (Å²) in [6, 6.07) is 40.5. The van der Waals surface area contributed by atoms with Crippen LogP contribution >= 0.6 is 12.2 Å². The Morgan fingerprint density at radius 1 is 0.733 bits per heavy atom. The molecule has 5 aromatic carbocycles. The van der Waals surface area contributed by atoms with Crippen LogP contribution < -0.4 is 9.64 Å². The van der Waals surface area contributed by atoms with Crippen LogP contribution in [-0.2, 0) is 9.59 Å². The van der Waals surface area contributed by atoms with Gasteiger partial charge in [-0.15, -0.1) is 0 Å². The molecule has 45 heavy (non-hydrogen) atoms. The summed E-state index contributed by atoms with van der Waals surface area (Å²) in [5.74, 6) is 0.277. The van der Waals surface area contributed by atoms with Gasteiger partial charge < -0.3 is 9.64 Å². The van der Waals surface area contributed by atoms with E-state index >= 15 is 0 Å². The van der Waals surface area contributed by atoms with Crippen LogP contribution in [0.4, 0.5) is 17.1 Å². The van der Waals surface area contributed by atoms with Gasteiger partial charge in [-0.2, -0.15) is 0 Å². The Morgan fingerprint density at radius 2 is 1.40 bits per heavy atom. The number of ether oxygens (including phenoxy) is 1. The third-order valence-corrected chi connectivity index (χ3v) is 8.68. The van der Waals surface area contributed by atoms with Crippen LogP contribution in [0.25, 0.3) is 22.1 Å². The van der Waals surface area contributed by atoms with Crippen molar-refractivity contribution in [1.29, 1.82) is 0 Å². The van der Waals surface area contributed by atoms with E-state index in [-0.39, 0.29) is 10.7 Å². The molecule has 2 aliphatic rings. The molecule has 5 aromatic rings. The van der Waals surface area contributed by atoms with E-state index in [0.29, 0.717) is 29.2 Å². The maximum Gasteiger partial charge on any atom is 0.266 e. The Labute approximate surface area is 267 Å². The molecule has 220 valence electrons. The van der Waals surface area contributed by atoms with E-state index in [4.69, 9.17) is 17.0 Å². The fraction of sp³-hybridized carbons (Fsp3) is 0.0789. The number of anilines is 3. The molecule has 0 aromatic heterocycles. The lowest BCUT2D eigenvalue weighted by Crippen LogP contribution is -2.54. The molecular formula is C38H29N3O3S. The molecule has 0 bridgehead atoms. The van der Waals surface area contributed by atoms with Crippen molar-refractivity contribution in [3.8, 4) is 5.75 Å². The minimum absolute atomic E-state index is 0.0732. The van der Waals surface area contributed by atoms with Crippen molar-refractivity contribution in [2.24, 2.45) is 0 Å². The minimum atomic E-state index is -0.430. The van der Waals surface area contributed by atoms with Gasteiger partial charge in [0, 0.05) is 47.1 Å². The summed E-state index contributed by atoms with van der Waals surface area (Å²) in [5, 5.41) is 2.50. The van der Waals surface area contributed by atoms with Gasteiger partial charge in [-0.05, 0) is 79.1 Å². The molecule has 0 atom stereocenters. The Morgan fingerprint density at radius 3 is 2.18 bits per heavy atom. The van der Waals surface area contributed by atoms with Crippen LogP contribution in [0.2, 0.25) is 0 Å². The first-order valence-electron chi connectivity index (χ1n) is 14.8. The zero-order valence-corrected chi connectivity index (χ0v) is 25.6. The molecule has 1 saturated heterocycles. The largest absolute Gasteiger partial charge is 0.456 e. The fourth-order valence-corrected chi connectivity index (χ4v) is 6.22. The third kappa shape index (κ3) is 4.87. The van der Waals surface area contributed by atoms with E-state index in [1.165, 1.54) is 9.80 Å². The van der Waals surface area contributed by atoms with Crippen molar-refractivity contribution in [2.75, 3.05) is 18.5 Å². The molecule has 0 N–H and O–H groups in total. The number of allylic oxidation sites excluding steroid dienone is 2. The maximum atomic E-state index is 13.6. The molecule has 7 rings (SSSR count). The predicted octanol–water partition coefficient (Wildman–Crippen LogP) is 8.10. The van der Waals surface area contributed by atoms with Crippen LogP contribution in [0.15, 0.2) is 133 Å². The number of hydrogen-bond donors (Lipinski definition) is 0. The summed E-state index contributed by atoms with van der Waals surface area (Å²) in [6.45, 7) is 2.20. The van der Waals surface area contributed by atoms with Gasteiger partial charge in [-0.25, -0.2) is 0 Å². The molecular weight excluding hydrogens is 579 g/mol. The summed E-state index contributed by atoms with van der Waals surface area (Å²) in [6.07, 6.45) is 1.79. The van der Waals surface area contributed by atoms with Crippen molar-refractivity contribution in [1.82, 2.24) is 9.80 Å². The van der Waals surface area contributed by atoms with Gasteiger partial charge in [0.25, 0.3) is 11.8 Å². The molecule has 2 amide bonds. The molecule has 1 fully saturated rings. The quantitative estimate of drug-likeness (QED) is 0.115. The lowest BCUT2D eigenvalue weighted by Gasteiger charge is -2.35. The van der Waals surface area contributed by atoms with Gasteiger partial charge in [-0.1, -0.05) is 72.8 Å². The normalized spacial score (nSPS) is 16.4. The van der Waals surface area contributed by atoms with E-state index in [1.54, 1.807) is 13.1 Å². The van der Waals surface area contributed by atoms with E-state index in [0.717, 1.165) is 33.4 Å². The number of carbonyl (C=O) groups is 2. The number of fused-ring (bicyclic) bond motifs is 2. The van der Waals surface area contributed by atoms with Crippen molar-refractivity contribution < 1.29 is 14.3 Å². The van der Waals surface area contributed by atoms with Crippen LogP contribution in [0.1, 0.15) is 18.1 Å². The summed E-state index contributed by atoms with van der Waals surface area (Å²) in [7, 11) is 1.60. The number of carbonyl (C=O) groups excluding carboxylic acids is 2. The molecule has 0 spiro atoms. The van der Waals surface area contributed by atoms with Crippen molar-refractivity contribution in [3.63, 3.8) is 0 Å². The molecule has 7 heteroatoms. The second-order valence-electron chi connectivity index (χ2n) is 10.8. The lowest BCUT2D eigenvalue weighted by atomic mass is 9.93. The highest BCUT2D eigenvalue weighted by molar-refractivity contribution is 7.80. The third-order valence-electron chi connectivity index (χ3n) is 8.19. The average molecular weight is 608 g/mol. The summed E-state index contributed by atoms with van der Waals surface area (Å²) < 4.78 is 6.38. The number of likely N-dealkylation sites (N-methyl/N-ethyl adjacent to an activating group) is 2. The van der Waals surface area contributed by atoms with Gasteiger partial charge in [-0.3, -0.25) is 19.4 Å². The van der Waals surface area contributed by atoms with Crippen LogP contribution in [0, 0.1) is 0 Å². The monoisotopic (exact) mass is 607 g/mol. The number of thiocarbonyl (C=S) groups is 1. The molecule has 0 aliphatic carbocycles. The summed E-state index contributed by atoms with van der Waals surface area (Å²) >= 11 is 5.41. The highest BCUT2D eigenvalue weighted by Crippen LogP contribution is 2.42. The topological polar surface area (TPSA) is 53.1 Å². The second kappa shape index (κ2) is 11.5.